The minimum absolute atomic E-state index is 0.509. The van der Waals surface area contributed by atoms with Crippen molar-refractivity contribution in [1.82, 2.24) is 0 Å². The second-order valence-electron chi connectivity index (χ2n) is 4.04. The highest BCUT2D eigenvalue weighted by molar-refractivity contribution is 6.73. The zero-order valence-corrected chi connectivity index (χ0v) is 9.61. The third kappa shape index (κ3) is 3.29. The monoisotopic (exact) mass is 250 g/mol. The first kappa shape index (κ1) is 12.5. The van der Waals surface area contributed by atoms with Gasteiger partial charge in [-0.1, -0.05) is 42.5 Å². The molecule has 0 saturated carbocycles. The van der Waals surface area contributed by atoms with Crippen LogP contribution in [0, 0.1) is 0 Å². The molecule has 0 saturated heterocycles. The van der Waals surface area contributed by atoms with Gasteiger partial charge in [0.1, 0.15) is 0 Å². The summed E-state index contributed by atoms with van der Waals surface area (Å²) in [5.74, 6) is 0. The highest BCUT2D eigenvalue weighted by Crippen LogP contribution is 2.11. The van der Waals surface area contributed by atoms with Crippen LogP contribution in [0.4, 0.5) is 18.6 Å². The van der Waals surface area contributed by atoms with Gasteiger partial charge in [-0.25, -0.2) is 0 Å². The minimum Gasteiger partial charge on any atom is -0.445 e. The van der Waals surface area contributed by atoms with E-state index < -0.39 is 12.4 Å². The van der Waals surface area contributed by atoms with Crippen molar-refractivity contribution in [2.45, 2.75) is 6.54 Å². The molecule has 0 unspecified atom stereocenters. The third-order valence-corrected chi connectivity index (χ3v) is 2.63. The molecule has 0 aliphatic carbocycles. The van der Waals surface area contributed by atoms with E-state index in [9.17, 15) is 12.9 Å². The Kier molecular flexibility index (Phi) is 3.60. The van der Waals surface area contributed by atoms with Crippen LogP contribution in [0.3, 0.4) is 0 Å². The molecule has 5 heteroatoms. The van der Waals surface area contributed by atoms with E-state index in [0.717, 1.165) is 23.4 Å². The van der Waals surface area contributed by atoms with Crippen LogP contribution in [0.15, 0.2) is 54.6 Å². The SMILES string of the molecule is F[B-](F)(F)c1ccc(CNc2ccccc2)cc1. The van der Waals surface area contributed by atoms with Crippen molar-refractivity contribution in [2.24, 2.45) is 0 Å². The fourth-order valence-electron chi connectivity index (χ4n) is 1.61. The van der Waals surface area contributed by atoms with Gasteiger partial charge < -0.3 is 18.3 Å². The first-order valence-corrected chi connectivity index (χ1v) is 5.63. The molecule has 0 atom stereocenters. The van der Waals surface area contributed by atoms with E-state index in [1.807, 2.05) is 30.3 Å². The standard InChI is InChI=1S/C13H12BF3N/c15-14(16,17)12-8-6-11(7-9-12)10-18-13-4-2-1-3-5-13/h1-9,18H,10H2/q-1. The zero-order chi connectivity index (χ0) is 13.0. The largest absolute Gasteiger partial charge is 0.509 e. The number of hydrogen-bond acceptors (Lipinski definition) is 1. The maximum Gasteiger partial charge on any atom is 0.509 e. The van der Waals surface area contributed by atoms with Gasteiger partial charge in [-0.05, 0) is 17.7 Å². The normalized spacial score (nSPS) is 11.3. The molecule has 94 valence electrons. The predicted molar refractivity (Wildman–Crippen MR) is 68.9 cm³/mol. The Morgan fingerprint density at radius 2 is 1.44 bits per heavy atom. The molecule has 2 rings (SSSR count). The Labute approximate surface area is 104 Å². The van der Waals surface area contributed by atoms with E-state index in [0.29, 0.717) is 6.54 Å². The molecule has 2 aromatic carbocycles. The van der Waals surface area contributed by atoms with Gasteiger partial charge in [0.15, 0.2) is 0 Å². The van der Waals surface area contributed by atoms with Crippen LogP contribution < -0.4 is 10.8 Å². The molecule has 18 heavy (non-hydrogen) atoms. The van der Waals surface area contributed by atoms with Crippen molar-refractivity contribution < 1.29 is 12.9 Å². The number of rotatable bonds is 4. The molecule has 0 aliphatic heterocycles. The summed E-state index contributed by atoms with van der Waals surface area (Å²) in [5.41, 5.74) is 1.21. The Morgan fingerprint density at radius 3 is 2.00 bits per heavy atom. The summed E-state index contributed by atoms with van der Waals surface area (Å²) < 4.78 is 37.3. The Morgan fingerprint density at radius 1 is 0.833 bits per heavy atom. The molecule has 2 aromatic rings. The van der Waals surface area contributed by atoms with Gasteiger partial charge in [-0.2, -0.15) is 0 Å². The van der Waals surface area contributed by atoms with E-state index in [1.165, 1.54) is 12.1 Å². The summed E-state index contributed by atoms with van der Waals surface area (Å²) in [7, 11) is 0. The van der Waals surface area contributed by atoms with Gasteiger partial charge in [0, 0.05) is 12.2 Å². The van der Waals surface area contributed by atoms with Gasteiger partial charge in [0.25, 0.3) is 0 Å². The van der Waals surface area contributed by atoms with Crippen molar-refractivity contribution in [2.75, 3.05) is 5.32 Å². The quantitative estimate of drug-likeness (QED) is 0.820. The van der Waals surface area contributed by atoms with Gasteiger partial charge in [-0.15, -0.1) is 5.46 Å². The van der Waals surface area contributed by atoms with Crippen LogP contribution in [0.2, 0.25) is 0 Å². The van der Waals surface area contributed by atoms with Crippen molar-refractivity contribution >= 4 is 18.1 Å². The number of para-hydroxylation sites is 1. The number of hydrogen-bond donors (Lipinski definition) is 1. The van der Waals surface area contributed by atoms with Gasteiger partial charge >= 0.3 is 6.98 Å². The van der Waals surface area contributed by atoms with E-state index in [4.69, 9.17) is 0 Å². The second kappa shape index (κ2) is 5.17. The van der Waals surface area contributed by atoms with Gasteiger partial charge in [0.05, 0.1) is 0 Å². The average molecular weight is 250 g/mol. The summed E-state index contributed by atoms with van der Waals surface area (Å²) in [6.45, 7) is -4.39. The molecule has 0 heterocycles. The summed E-state index contributed by atoms with van der Waals surface area (Å²) in [4.78, 5) is 0. The van der Waals surface area contributed by atoms with Crippen LogP contribution in [0.5, 0.6) is 0 Å². The molecule has 0 bridgehead atoms. The highest BCUT2D eigenvalue weighted by atomic mass is 19.4. The van der Waals surface area contributed by atoms with Crippen LogP contribution in [-0.2, 0) is 6.54 Å². The van der Waals surface area contributed by atoms with E-state index in [1.54, 1.807) is 0 Å². The summed E-state index contributed by atoms with van der Waals surface area (Å²) in [6, 6.07) is 14.8. The van der Waals surface area contributed by atoms with Crippen molar-refractivity contribution in [3.63, 3.8) is 0 Å². The maximum atomic E-state index is 12.4. The van der Waals surface area contributed by atoms with Crippen molar-refractivity contribution in [3.05, 3.63) is 60.2 Å². The molecule has 1 nitrogen and oxygen atoms in total. The second-order valence-corrected chi connectivity index (χ2v) is 4.04. The average Bonchev–Trinajstić information content (AvgIpc) is 2.37. The first-order chi connectivity index (χ1) is 8.55. The van der Waals surface area contributed by atoms with E-state index >= 15 is 0 Å². The third-order valence-electron chi connectivity index (χ3n) is 2.63. The fourth-order valence-corrected chi connectivity index (χ4v) is 1.61. The molecular formula is C13H12BF3N-. The summed E-state index contributed by atoms with van der Waals surface area (Å²) in [5, 5.41) is 3.14. The molecule has 0 spiro atoms. The first-order valence-electron chi connectivity index (χ1n) is 5.63. The lowest BCUT2D eigenvalue weighted by Crippen LogP contribution is -2.33. The Hall–Kier alpha value is -1.91. The molecule has 0 aromatic heterocycles. The lowest BCUT2D eigenvalue weighted by Gasteiger charge is -2.15. The smallest absolute Gasteiger partial charge is 0.445 e. The predicted octanol–water partition coefficient (Wildman–Crippen LogP) is 3.35. The number of halogens is 3. The molecule has 0 amide bonds. The molecule has 0 aliphatic rings. The molecule has 1 N–H and O–H groups in total. The number of nitrogens with one attached hydrogen (secondary N) is 1. The molecule has 0 radical (unpaired) electrons. The number of benzene rings is 2. The molecular weight excluding hydrogens is 238 g/mol. The van der Waals surface area contributed by atoms with Crippen LogP contribution in [-0.4, -0.2) is 6.98 Å². The zero-order valence-electron chi connectivity index (χ0n) is 9.61. The van der Waals surface area contributed by atoms with Crippen LogP contribution in [0.25, 0.3) is 0 Å². The maximum absolute atomic E-state index is 12.4. The minimum atomic E-state index is -4.90. The van der Waals surface area contributed by atoms with E-state index in [-0.39, 0.29) is 0 Å². The Bertz CT molecular complexity index is 494. The fraction of sp³-hybridized carbons (Fsp3) is 0.0769. The topological polar surface area (TPSA) is 12.0 Å². The van der Waals surface area contributed by atoms with Gasteiger partial charge in [0.2, 0.25) is 0 Å². The van der Waals surface area contributed by atoms with E-state index in [2.05, 4.69) is 5.32 Å². The lowest BCUT2D eigenvalue weighted by molar-refractivity contribution is 0.501. The number of anilines is 1. The summed E-state index contributed by atoms with van der Waals surface area (Å²) >= 11 is 0. The highest BCUT2D eigenvalue weighted by Gasteiger charge is 2.24. The van der Waals surface area contributed by atoms with Crippen molar-refractivity contribution in [1.29, 1.82) is 0 Å². The Balaban J connectivity index is 1.99. The van der Waals surface area contributed by atoms with Gasteiger partial charge in [-0.3, -0.25) is 0 Å². The van der Waals surface area contributed by atoms with Crippen molar-refractivity contribution in [3.8, 4) is 0 Å². The molecule has 0 fully saturated rings. The summed E-state index contributed by atoms with van der Waals surface area (Å²) in [6.07, 6.45) is 0. The lowest BCUT2D eigenvalue weighted by atomic mass is 9.80. The van der Waals surface area contributed by atoms with Crippen LogP contribution >= 0.6 is 0 Å². The van der Waals surface area contributed by atoms with Crippen LogP contribution in [0.1, 0.15) is 5.56 Å².